The maximum Gasteiger partial charge on any atom is 0.263 e. The molecule has 31 heavy (non-hydrogen) atoms. The lowest BCUT2D eigenvalue weighted by Gasteiger charge is -2.30. The van der Waals surface area contributed by atoms with E-state index in [1.165, 1.54) is 31.4 Å². The zero-order valence-electron chi connectivity index (χ0n) is 17.1. The first kappa shape index (κ1) is 20.8. The van der Waals surface area contributed by atoms with Gasteiger partial charge in [0.05, 0.1) is 24.2 Å². The van der Waals surface area contributed by atoms with Crippen molar-refractivity contribution >= 4 is 28.8 Å². The van der Waals surface area contributed by atoms with Crippen molar-refractivity contribution in [3.8, 4) is 5.75 Å². The van der Waals surface area contributed by atoms with Gasteiger partial charge < -0.3 is 24.6 Å². The van der Waals surface area contributed by atoms with E-state index >= 15 is 0 Å². The fourth-order valence-electron chi connectivity index (χ4n) is 3.72. The van der Waals surface area contributed by atoms with Crippen molar-refractivity contribution in [3.05, 3.63) is 59.4 Å². The Morgan fingerprint density at radius 3 is 2.68 bits per heavy atom. The van der Waals surface area contributed by atoms with Gasteiger partial charge in [0.2, 0.25) is 0 Å². The minimum Gasteiger partial charge on any atom is -0.497 e. The number of halogens is 2. The summed E-state index contributed by atoms with van der Waals surface area (Å²) in [5.41, 5.74) is 0.961. The molecular weight excluding hydrogens is 408 g/mol. The van der Waals surface area contributed by atoms with Gasteiger partial charge in [-0.25, -0.2) is 8.78 Å². The molecule has 2 aromatic rings. The zero-order valence-corrected chi connectivity index (χ0v) is 17.1. The van der Waals surface area contributed by atoms with Gasteiger partial charge in [0, 0.05) is 25.6 Å². The molecule has 0 saturated carbocycles. The van der Waals surface area contributed by atoms with Gasteiger partial charge in [-0.15, -0.1) is 0 Å². The van der Waals surface area contributed by atoms with Crippen LogP contribution >= 0.6 is 0 Å². The molecule has 0 spiro atoms. The lowest BCUT2D eigenvalue weighted by molar-refractivity contribution is -0.120. The van der Waals surface area contributed by atoms with Crippen LogP contribution in [0.15, 0.2) is 47.8 Å². The third kappa shape index (κ3) is 3.72. The second kappa shape index (κ2) is 8.35. The summed E-state index contributed by atoms with van der Waals surface area (Å²) in [5, 5.41) is 2.47. The van der Waals surface area contributed by atoms with Crippen LogP contribution in [0, 0.1) is 11.6 Å². The number of amides is 1. The van der Waals surface area contributed by atoms with Gasteiger partial charge in [-0.05, 0) is 37.3 Å². The third-order valence-electron chi connectivity index (χ3n) is 5.17. The number of hydrogen-bond acceptors (Lipinski definition) is 6. The average Bonchev–Trinajstić information content (AvgIpc) is 3.05. The molecular formula is C22H21F2N3O4. The van der Waals surface area contributed by atoms with Crippen molar-refractivity contribution in [2.45, 2.75) is 13.3 Å². The van der Waals surface area contributed by atoms with Gasteiger partial charge in [-0.2, -0.15) is 0 Å². The number of ketones is 1. The molecule has 2 aromatic carbocycles. The normalized spacial score (nSPS) is 15.2. The Balaban J connectivity index is 1.76. The van der Waals surface area contributed by atoms with Gasteiger partial charge in [0.1, 0.15) is 35.5 Å². The van der Waals surface area contributed by atoms with Crippen molar-refractivity contribution in [3.63, 3.8) is 0 Å². The smallest absolute Gasteiger partial charge is 0.263 e. The lowest BCUT2D eigenvalue weighted by atomic mass is 10.0. The topological polar surface area (TPSA) is 71.1 Å². The van der Waals surface area contributed by atoms with Crippen molar-refractivity contribution in [2.24, 2.45) is 0 Å². The number of benzene rings is 2. The molecule has 0 aliphatic carbocycles. The highest BCUT2D eigenvalue weighted by molar-refractivity contribution is 6.25. The van der Waals surface area contributed by atoms with Crippen LogP contribution in [0.5, 0.6) is 5.75 Å². The van der Waals surface area contributed by atoms with Crippen LogP contribution in [-0.2, 0) is 14.3 Å². The maximum absolute atomic E-state index is 14.4. The summed E-state index contributed by atoms with van der Waals surface area (Å²) in [5.74, 6) is -1.67. The van der Waals surface area contributed by atoms with Crippen LogP contribution in [0.25, 0.3) is 0 Å². The summed E-state index contributed by atoms with van der Waals surface area (Å²) >= 11 is 0. The van der Waals surface area contributed by atoms with Gasteiger partial charge in [-0.1, -0.05) is 0 Å². The molecule has 2 aliphatic rings. The Morgan fingerprint density at radius 2 is 1.97 bits per heavy atom. The SMILES string of the molecule is CCOCN1C2=C(C(=O)Nc3ccc(OC)cc3F)C(=O)CCN2c2ccc(F)cc21. The fourth-order valence-corrected chi connectivity index (χ4v) is 3.72. The molecule has 0 saturated heterocycles. The van der Waals surface area contributed by atoms with E-state index in [-0.39, 0.29) is 30.2 Å². The second-order valence-corrected chi connectivity index (χ2v) is 7.01. The minimum absolute atomic E-state index is 0.0275. The average molecular weight is 429 g/mol. The van der Waals surface area contributed by atoms with Crippen molar-refractivity contribution in [1.82, 2.24) is 0 Å². The Labute approximate surface area is 177 Å². The van der Waals surface area contributed by atoms with Gasteiger partial charge in [0.25, 0.3) is 5.91 Å². The Morgan fingerprint density at radius 1 is 1.16 bits per heavy atom. The zero-order chi connectivity index (χ0) is 22.1. The number of Topliss-reactive ketones (excluding diaryl/α,β-unsaturated/α-hetero) is 1. The molecule has 0 fully saturated rings. The summed E-state index contributed by atoms with van der Waals surface area (Å²) in [6, 6.07) is 8.26. The molecule has 9 heteroatoms. The Bertz CT molecular complexity index is 1090. The number of methoxy groups -OCH3 is 1. The van der Waals surface area contributed by atoms with E-state index < -0.39 is 17.5 Å². The van der Waals surface area contributed by atoms with Crippen LogP contribution in [0.2, 0.25) is 0 Å². The molecule has 2 aliphatic heterocycles. The number of rotatable bonds is 6. The predicted octanol–water partition coefficient (Wildman–Crippen LogP) is 3.42. The molecule has 0 unspecified atom stereocenters. The first-order valence-electron chi connectivity index (χ1n) is 9.79. The summed E-state index contributed by atoms with van der Waals surface area (Å²) in [6.45, 7) is 2.56. The van der Waals surface area contributed by atoms with E-state index in [0.717, 1.165) is 6.07 Å². The van der Waals surface area contributed by atoms with Crippen molar-refractivity contribution in [2.75, 3.05) is 42.1 Å². The van der Waals surface area contributed by atoms with E-state index in [0.29, 0.717) is 36.1 Å². The van der Waals surface area contributed by atoms with Crippen molar-refractivity contribution < 1.29 is 27.8 Å². The molecule has 7 nitrogen and oxygen atoms in total. The first-order valence-corrected chi connectivity index (χ1v) is 9.79. The minimum atomic E-state index is -0.747. The number of carbonyl (C=O) groups excluding carboxylic acids is 2. The molecule has 1 N–H and O–H groups in total. The number of fused-ring (bicyclic) bond motifs is 3. The molecule has 0 aromatic heterocycles. The van der Waals surface area contributed by atoms with E-state index in [4.69, 9.17) is 9.47 Å². The van der Waals surface area contributed by atoms with Crippen LogP contribution < -0.4 is 19.9 Å². The van der Waals surface area contributed by atoms with Crippen LogP contribution in [0.4, 0.5) is 25.8 Å². The highest BCUT2D eigenvalue weighted by Gasteiger charge is 2.41. The Hall–Kier alpha value is -3.46. The standard InChI is InChI=1S/C22H21F2N3O4/c1-3-31-12-27-18-10-13(23)4-7-17(18)26-9-8-19(28)20(22(26)27)21(29)25-16-6-5-14(30-2)11-15(16)24/h4-7,10-11H,3,8-9,12H2,1-2H3,(H,25,29). The van der Waals surface area contributed by atoms with Crippen LogP contribution in [-0.4, -0.2) is 38.7 Å². The highest BCUT2D eigenvalue weighted by atomic mass is 19.1. The van der Waals surface area contributed by atoms with Crippen LogP contribution in [0.3, 0.4) is 0 Å². The molecule has 0 bridgehead atoms. The van der Waals surface area contributed by atoms with E-state index in [1.54, 1.807) is 22.8 Å². The fraction of sp³-hybridized carbons (Fsp3) is 0.273. The number of nitrogens with zero attached hydrogens (tertiary/aromatic N) is 2. The van der Waals surface area contributed by atoms with E-state index in [2.05, 4.69) is 5.32 Å². The lowest BCUT2D eigenvalue weighted by Crippen LogP contribution is -2.41. The monoisotopic (exact) mass is 429 g/mol. The quantitative estimate of drug-likeness (QED) is 0.710. The summed E-state index contributed by atoms with van der Waals surface area (Å²) < 4.78 is 38.8. The summed E-state index contributed by atoms with van der Waals surface area (Å²) in [4.78, 5) is 29.3. The number of carbonyl (C=O) groups is 2. The van der Waals surface area contributed by atoms with Gasteiger partial charge >= 0.3 is 0 Å². The van der Waals surface area contributed by atoms with Gasteiger partial charge in [-0.3, -0.25) is 9.59 Å². The second-order valence-electron chi connectivity index (χ2n) is 7.01. The Kier molecular flexibility index (Phi) is 5.60. The maximum atomic E-state index is 14.4. The molecule has 2 heterocycles. The number of ether oxygens (including phenoxy) is 2. The number of anilines is 3. The van der Waals surface area contributed by atoms with E-state index in [9.17, 15) is 18.4 Å². The molecule has 0 atom stereocenters. The van der Waals surface area contributed by atoms with Gasteiger partial charge in [0.15, 0.2) is 5.78 Å². The predicted molar refractivity (Wildman–Crippen MR) is 111 cm³/mol. The number of nitrogens with one attached hydrogen (secondary N) is 1. The van der Waals surface area contributed by atoms with Crippen molar-refractivity contribution in [1.29, 1.82) is 0 Å². The molecule has 1 amide bonds. The molecule has 0 radical (unpaired) electrons. The molecule has 4 rings (SSSR count). The van der Waals surface area contributed by atoms with E-state index in [1.807, 2.05) is 0 Å². The number of hydrogen-bond donors (Lipinski definition) is 1. The summed E-state index contributed by atoms with van der Waals surface area (Å²) in [7, 11) is 1.41. The molecule has 162 valence electrons. The largest absolute Gasteiger partial charge is 0.497 e. The summed E-state index contributed by atoms with van der Waals surface area (Å²) in [6.07, 6.45) is 0.0939. The first-order chi connectivity index (χ1) is 14.9. The van der Waals surface area contributed by atoms with Crippen LogP contribution in [0.1, 0.15) is 13.3 Å². The highest BCUT2D eigenvalue weighted by Crippen LogP contribution is 2.45. The third-order valence-corrected chi connectivity index (χ3v) is 5.17.